The van der Waals surface area contributed by atoms with Gasteiger partial charge in [-0.2, -0.15) is 0 Å². The molecule has 0 saturated carbocycles. The van der Waals surface area contributed by atoms with Gasteiger partial charge in [0.2, 0.25) is 0 Å². The Bertz CT molecular complexity index is 2300. The number of hydrogen-bond donors (Lipinski definition) is 0. The average molecular weight is 518 g/mol. The van der Waals surface area contributed by atoms with E-state index in [2.05, 4.69) is 12.1 Å². The first-order valence-electron chi connectivity index (χ1n) is 13.1. The molecule has 0 spiro atoms. The highest BCUT2D eigenvalue weighted by atomic mass is 16.3. The summed E-state index contributed by atoms with van der Waals surface area (Å²) in [5.74, 6) is 1.40. The van der Waals surface area contributed by atoms with Crippen molar-refractivity contribution in [2.24, 2.45) is 0 Å². The molecule has 188 valence electrons. The molecule has 0 aliphatic heterocycles. The highest BCUT2D eigenvalue weighted by Crippen LogP contribution is 2.42. The molecular formula is C34H19N3O3. The van der Waals surface area contributed by atoms with Gasteiger partial charge in [0.15, 0.2) is 16.7 Å². The van der Waals surface area contributed by atoms with Gasteiger partial charge in [0.1, 0.15) is 39.4 Å². The summed E-state index contributed by atoms with van der Waals surface area (Å²) < 4.78 is 18.6. The van der Waals surface area contributed by atoms with Gasteiger partial charge >= 0.3 is 0 Å². The molecular weight excluding hydrogens is 498 g/mol. The van der Waals surface area contributed by atoms with E-state index in [1.807, 2.05) is 108 Å². The van der Waals surface area contributed by atoms with Crippen molar-refractivity contribution >= 4 is 83.4 Å². The van der Waals surface area contributed by atoms with Gasteiger partial charge in [0.25, 0.3) is 0 Å². The van der Waals surface area contributed by atoms with E-state index in [1.165, 1.54) is 0 Å². The van der Waals surface area contributed by atoms with E-state index in [9.17, 15) is 0 Å². The molecule has 0 radical (unpaired) electrons. The smallest absolute Gasteiger partial charge is 0.159 e. The van der Waals surface area contributed by atoms with Crippen LogP contribution in [0.3, 0.4) is 0 Å². The van der Waals surface area contributed by atoms with Crippen LogP contribution in [0.15, 0.2) is 129 Å². The molecule has 0 unspecified atom stereocenters. The lowest BCUT2D eigenvalue weighted by Gasteiger charge is -2.23. The lowest BCUT2D eigenvalue weighted by atomic mass is 10.1. The van der Waals surface area contributed by atoms with Crippen LogP contribution >= 0.6 is 0 Å². The molecule has 0 atom stereocenters. The van der Waals surface area contributed by atoms with Crippen LogP contribution < -0.4 is 4.90 Å². The highest BCUT2D eigenvalue weighted by molar-refractivity contribution is 6.11. The Morgan fingerprint density at radius 3 is 1.50 bits per heavy atom. The van der Waals surface area contributed by atoms with Crippen LogP contribution in [-0.4, -0.2) is 9.97 Å². The van der Waals surface area contributed by atoms with Crippen molar-refractivity contribution in [3.63, 3.8) is 0 Å². The van der Waals surface area contributed by atoms with E-state index in [0.717, 1.165) is 71.8 Å². The van der Waals surface area contributed by atoms with Gasteiger partial charge in [-0.3, -0.25) is 4.90 Å². The monoisotopic (exact) mass is 517 g/mol. The van der Waals surface area contributed by atoms with E-state index in [4.69, 9.17) is 23.2 Å². The SMILES string of the molecule is c1ccc2c(c1)oc1c(N(c3ccc4oc5ccccc5c4n3)c3ccc4oc5ccccc5c4n3)cccc12. The Labute approximate surface area is 226 Å². The zero-order valence-corrected chi connectivity index (χ0v) is 21.0. The van der Waals surface area contributed by atoms with Gasteiger partial charge in [0, 0.05) is 21.5 Å². The Morgan fingerprint density at radius 2 is 0.900 bits per heavy atom. The fourth-order valence-electron chi connectivity index (χ4n) is 5.68. The predicted molar refractivity (Wildman–Crippen MR) is 159 cm³/mol. The van der Waals surface area contributed by atoms with Gasteiger partial charge < -0.3 is 13.3 Å². The Hall–Kier alpha value is -5.62. The first kappa shape index (κ1) is 21.3. The third kappa shape index (κ3) is 2.98. The lowest BCUT2D eigenvalue weighted by Crippen LogP contribution is -2.13. The number of benzene rings is 4. The molecule has 0 fully saturated rings. The number of rotatable bonds is 3. The topological polar surface area (TPSA) is 68.4 Å². The van der Waals surface area contributed by atoms with Crippen molar-refractivity contribution in [1.29, 1.82) is 0 Å². The molecule has 40 heavy (non-hydrogen) atoms. The Balaban J connectivity index is 1.36. The van der Waals surface area contributed by atoms with Crippen LogP contribution in [0.1, 0.15) is 0 Å². The molecule has 0 aliphatic rings. The second-order valence-electron chi connectivity index (χ2n) is 9.82. The summed E-state index contributed by atoms with van der Waals surface area (Å²) in [7, 11) is 0. The number of pyridine rings is 2. The van der Waals surface area contributed by atoms with Gasteiger partial charge in [-0.1, -0.05) is 54.6 Å². The largest absolute Gasteiger partial charge is 0.454 e. The standard InChI is InChI=1S/C34H19N3O3/c1-4-13-25-20(8-1)21-11-7-12-24(34(21)40-25)37(30-18-16-28-32(35-30)22-9-2-5-14-26(22)38-28)31-19-17-29-33(36-31)23-10-3-6-15-27(23)39-29/h1-19H. The van der Waals surface area contributed by atoms with Crippen molar-refractivity contribution in [3.8, 4) is 0 Å². The number of nitrogens with zero attached hydrogens (tertiary/aromatic N) is 3. The number of fused-ring (bicyclic) bond motifs is 9. The van der Waals surface area contributed by atoms with Crippen LogP contribution in [0.5, 0.6) is 0 Å². The molecule has 0 bridgehead atoms. The molecule has 6 nitrogen and oxygen atoms in total. The number of hydrogen-bond acceptors (Lipinski definition) is 6. The lowest BCUT2D eigenvalue weighted by molar-refractivity contribution is 0.668. The summed E-state index contributed by atoms with van der Waals surface area (Å²) >= 11 is 0. The van der Waals surface area contributed by atoms with E-state index < -0.39 is 0 Å². The van der Waals surface area contributed by atoms with Crippen LogP contribution in [0.4, 0.5) is 17.3 Å². The minimum atomic E-state index is 0.701. The summed E-state index contributed by atoms with van der Waals surface area (Å²) in [6.07, 6.45) is 0. The maximum Gasteiger partial charge on any atom is 0.159 e. The third-order valence-electron chi connectivity index (χ3n) is 7.49. The molecule has 5 heterocycles. The molecule has 0 N–H and O–H groups in total. The van der Waals surface area contributed by atoms with Crippen LogP contribution in [0, 0.1) is 0 Å². The molecule has 0 amide bonds. The molecule has 9 rings (SSSR count). The fraction of sp³-hybridized carbons (Fsp3) is 0. The number of para-hydroxylation sites is 4. The second-order valence-corrected chi connectivity index (χ2v) is 9.82. The van der Waals surface area contributed by atoms with Gasteiger partial charge in [-0.05, 0) is 60.7 Å². The van der Waals surface area contributed by atoms with E-state index in [1.54, 1.807) is 0 Å². The quantitative estimate of drug-likeness (QED) is 0.232. The van der Waals surface area contributed by atoms with Gasteiger partial charge in [0.05, 0.1) is 5.69 Å². The zero-order valence-electron chi connectivity index (χ0n) is 21.0. The van der Waals surface area contributed by atoms with Gasteiger partial charge in [-0.25, -0.2) is 9.97 Å². The van der Waals surface area contributed by atoms with Crippen molar-refractivity contribution in [3.05, 3.63) is 115 Å². The summed E-state index contributed by atoms with van der Waals surface area (Å²) in [6.45, 7) is 0. The molecule has 4 aromatic carbocycles. The van der Waals surface area contributed by atoms with E-state index in [-0.39, 0.29) is 0 Å². The van der Waals surface area contributed by atoms with Crippen LogP contribution in [0.25, 0.3) is 66.1 Å². The number of anilines is 3. The Morgan fingerprint density at radius 1 is 0.400 bits per heavy atom. The van der Waals surface area contributed by atoms with Crippen molar-refractivity contribution in [2.45, 2.75) is 0 Å². The normalized spacial score (nSPS) is 12.0. The third-order valence-corrected chi connectivity index (χ3v) is 7.49. The summed E-state index contributed by atoms with van der Waals surface area (Å²) in [6, 6.07) is 38.0. The molecule has 9 aromatic rings. The average Bonchev–Trinajstić information content (AvgIpc) is 3.68. The minimum absolute atomic E-state index is 0.701. The second kappa shape index (κ2) is 7.94. The zero-order chi connectivity index (χ0) is 26.2. The summed E-state index contributed by atoms with van der Waals surface area (Å²) in [4.78, 5) is 12.3. The maximum atomic E-state index is 6.46. The summed E-state index contributed by atoms with van der Waals surface area (Å²) in [5.41, 5.74) is 7.10. The highest BCUT2D eigenvalue weighted by Gasteiger charge is 2.23. The van der Waals surface area contributed by atoms with Crippen LogP contribution in [0.2, 0.25) is 0 Å². The molecule has 0 saturated heterocycles. The van der Waals surface area contributed by atoms with Crippen molar-refractivity contribution < 1.29 is 13.3 Å². The van der Waals surface area contributed by atoms with E-state index >= 15 is 0 Å². The molecule has 6 heteroatoms. The summed E-state index contributed by atoms with van der Waals surface area (Å²) in [5, 5.41) is 4.02. The first-order chi connectivity index (χ1) is 19.8. The fourth-order valence-corrected chi connectivity index (χ4v) is 5.68. The number of furan rings is 3. The maximum absolute atomic E-state index is 6.46. The van der Waals surface area contributed by atoms with Crippen LogP contribution in [-0.2, 0) is 0 Å². The number of aromatic nitrogens is 2. The van der Waals surface area contributed by atoms with E-state index in [0.29, 0.717) is 11.6 Å². The predicted octanol–water partition coefficient (Wildman–Crippen LogP) is 9.64. The molecule has 5 aromatic heterocycles. The van der Waals surface area contributed by atoms with Crippen molar-refractivity contribution in [1.82, 2.24) is 9.97 Å². The molecule has 0 aliphatic carbocycles. The first-order valence-corrected chi connectivity index (χ1v) is 13.1. The Kier molecular flexibility index (Phi) is 4.24. The van der Waals surface area contributed by atoms with Gasteiger partial charge in [-0.15, -0.1) is 0 Å². The minimum Gasteiger partial charge on any atom is -0.454 e. The van der Waals surface area contributed by atoms with Crippen molar-refractivity contribution in [2.75, 3.05) is 4.90 Å².